The summed E-state index contributed by atoms with van der Waals surface area (Å²) in [7, 11) is 0. The van der Waals surface area contributed by atoms with Gasteiger partial charge in [0.2, 0.25) is 0 Å². The molecular formula is C21H17ClN6OS. The average Bonchev–Trinajstić information content (AvgIpc) is 3.42. The maximum atomic E-state index is 13.6. The summed E-state index contributed by atoms with van der Waals surface area (Å²) >= 11 is 7.86. The van der Waals surface area contributed by atoms with Crippen molar-refractivity contribution in [2.75, 3.05) is 6.54 Å². The van der Waals surface area contributed by atoms with Crippen LogP contribution >= 0.6 is 22.9 Å². The van der Waals surface area contributed by atoms with Crippen LogP contribution in [0.5, 0.6) is 0 Å². The van der Waals surface area contributed by atoms with Crippen LogP contribution in [-0.2, 0) is 11.2 Å². The van der Waals surface area contributed by atoms with E-state index in [4.69, 9.17) is 22.3 Å². The molecule has 5 rings (SSSR count). The van der Waals surface area contributed by atoms with Crippen molar-refractivity contribution < 1.29 is 4.79 Å². The van der Waals surface area contributed by atoms with Crippen LogP contribution in [0.1, 0.15) is 28.1 Å². The number of pyridine rings is 1. The number of aromatic amines is 1. The Hall–Kier alpha value is -3.23. The van der Waals surface area contributed by atoms with Gasteiger partial charge in [0.1, 0.15) is 16.6 Å². The Bertz CT molecular complexity index is 1260. The standard InChI is InChI=1S/C21H17ClN6OS/c22-13-4-3-6-16-17(13)27-20(30-16)19-18-15(25-11-26-18)7-9-28(19)21(29)12(10-23)14-5-1-2-8-24-14/h1-6,8,10-11,19H,7,9,23H2,(H,25,26)/b12-10+/t19-/m0/s1. The third-order valence-electron chi connectivity index (χ3n) is 5.14. The average molecular weight is 437 g/mol. The van der Waals surface area contributed by atoms with Crippen molar-refractivity contribution in [1.82, 2.24) is 24.8 Å². The maximum Gasteiger partial charge on any atom is 0.258 e. The van der Waals surface area contributed by atoms with Gasteiger partial charge in [0.05, 0.1) is 33.0 Å². The Labute approximate surface area is 181 Å². The van der Waals surface area contributed by atoms with E-state index < -0.39 is 6.04 Å². The van der Waals surface area contributed by atoms with Gasteiger partial charge in [0.25, 0.3) is 5.91 Å². The topological polar surface area (TPSA) is 101 Å². The molecule has 1 aliphatic heterocycles. The Morgan fingerprint density at radius 2 is 2.17 bits per heavy atom. The molecule has 0 saturated heterocycles. The number of nitrogens with one attached hydrogen (secondary N) is 1. The number of para-hydroxylation sites is 1. The number of thiazole rings is 1. The van der Waals surface area contributed by atoms with Gasteiger partial charge in [-0.1, -0.05) is 23.7 Å². The number of H-pyrrole nitrogens is 1. The molecule has 3 N–H and O–H groups in total. The van der Waals surface area contributed by atoms with Gasteiger partial charge in [0.15, 0.2) is 0 Å². The van der Waals surface area contributed by atoms with Crippen LogP contribution in [0.2, 0.25) is 5.02 Å². The molecule has 4 heterocycles. The van der Waals surface area contributed by atoms with Crippen molar-refractivity contribution in [1.29, 1.82) is 0 Å². The molecule has 0 bridgehead atoms. The highest BCUT2D eigenvalue weighted by molar-refractivity contribution is 7.18. The molecule has 30 heavy (non-hydrogen) atoms. The zero-order valence-corrected chi connectivity index (χ0v) is 17.3. The quantitative estimate of drug-likeness (QED) is 0.478. The van der Waals surface area contributed by atoms with Gasteiger partial charge in [-0.05, 0) is 24.3 Å². The minimum Gasteiger partial charge on any atom is -0.404 e. The second kappa shape index (κ2) is 7.55. The van der Waals surface area contributed by atoms with E-state index in [1.165, 1.54) is 17.5 Å². The predicted octanol–water partition coefficient (Wildman–Crippen LogP) is 3.54. The van der Waals surface area contributed by atoms with E-state index >= 15 is 0 Å². The van der Waals surface area contributed by atoms with Crippen molar-refractivity contribution in [3.63, 3.8) is 0 Å². The molecule has 1 amide bonds. The highest BCUT2D eigenvalue weighted by Crippen LogP contribution is 2.39. The van der Waals surface area contributed by atoms with Crippen LogP contribution in [0.3, 0.4) is 0 Å². The summed E-state index contributed by atoms with van der Waals surface area (Å²) in [5.41, 5.74) is 9.26. The fraction of sp³-hybridized carbons (Fsp3) is 0.143. The minimum absolute atomic E-state index is 0.208. The first kappa shape index (κ1) is 18.8. The number of nitrogens with zero attached hydrogens (tertiary/aromatic N) is 4. The van der Waals surface area contributed by atoms with Crippen LogP contribution in [-0.4, -0.2) is 37.3 Å². The van der Waals surface area contributed by atoms with E-state index in [0.717, 1.165) is 26.6 Å². The molecule has 0 radical (unpaired) electrons. The highest BCUT2D eigenvalue weighted by Gasteiger charge is 2.37. The molecule has 1 aliphatic rings. The number of rotatable bonds is 3. The second-order valence-corrected chi connectivity index (χ2v) is 8.32. The van der Waals surface area contributed by atoms with Gasteiger partial charge in [0, 0.05) is 31.1 Å². The van der Waals surface area contributed by atoms with E-state index in [0.29, 0.717) is 29.3 Å². The fourth-order valence-corrected chi connectivity index (χ4v) is 5.12. The molecule has 0 aliphatic carbocycles. The minimum atomic E-state index is -0.431. The predicted molar refractivity (Wildman–Crippen MR) is 117 cm³/mol. The number of carbonyl (C=O) groups is 1. The van der Waals surface area contributed by atoms with Crippen LogP contribution in [0.4, 0.5) is 0 Å². The number of nitrogens with two attached hydrogens (primary N) is 1. The third kappa shape index (κ3) is 3.05. The Morgan fingerprint density at radius 3 is 2.93 bits per heavy atom. The molecule has 150 valence electrons. The van der Waals surface area contributed by atoms with Gasteiger partial charge in [-0.15, -0.1) is 11.3 Å². The van der Waals surface area contributed by atoms with Gasteiger partial charge < -0.3 is 15.6 Å². The lowest BCUT2D eigenvalue weighted by Gasteiger charge is -2.34. The summed E-state index contributed by atoms with van der Waals surface area (Å²) in [5, 5.41) is 1.35. The molecular weight excluding hydrogens is 420 g/mol. The summed E-state index contributed by atoms with van der Waals surface area (Å²) < 4.78 is 0.965. The van der Waals surface area contributed by atoms with Crippen molar-refractivity contribution >= 4 is 44.6 Å². The third-order valence-corrected chi connectivity index (χ3v) is 6.52. The number of halogens is 1. The van der Waals surface area contributed by atoms with Crippen molar-refractivity contribution in [2.45, 2.75) is 12.5 Å². The number of aromatic nitrogens is 4. The molecule has 4 aromatic rings. The van der Waals surface area contributed by atoms with Gasteiger partial charge >= 0.3 is 0 Å². The van der Waals surface area contributed by atoms with Crippen molar-refractivity contribution in [3.05, 3.63) is 82.2 Å². The SMILES string of the molecule is N/C=C(/C(=O)N1CCc2[nH]cnc2[C@H]1c1nc2c(Cl)cccc2s1)c1ccccn1. The number of imidazole rings is 1. The van der Waals surface area contributed by atoms with Crippen molar-refractivity contribution in [3.8, 4) is 0 Å². The Kier molecular flexibility index (Phi) is 4.72. The van der Waals surface area contributed by atoms with E-state index in [1.807, 2.05) is 24.3 Å². The van der Waals surface area contributed by atoms with Crippen molar-refractivity contribution in [2.24, 2.45) is 5.73 Å². The maximum absolute atomic E-state index is 13.6. The lowest BCUT2D eigenvalue weighted by molar-refractivity contribution is -0.127. The molecule has 1 aromatic carbocycles. The number of benzene rings is 1. The van der Waals surface area contributed by atoms with Crippen LogP contribution in [0.25, 0.3) is 15.8 Å². The molecule has 1 atom stereocenters. The number of carbonyl (C=O) groups excluding carboxylic acids is 1. The largest absolute Gasteiger partial charge is 0.404 e. The summed E-state index contributed by atoms with van der Waals surface area (Å²) in [6.07, 6.45) is 5.28. The van der Waals surface area contributed by atoms with E-state index in [1.54, 1.807) is 29.6 Å². The highest BCUT2D eigenvalue weighted by atomic mass is 35.5. The number of hydrogen-bond acceptors (Lipinski definition) is 6. The van der Waals surface area contributed by atoms with Crippen LogP contribution < -0.4 is 5.73 Å². The molecule has 0 fully saturated rings. The second-order valence-electron chi connectivity index (χ2n) is 6.85. The molecule has 0 spiro atoms. The fourth-order valence-electron chi connectivity index (χ4n) is 3.74. The van der Waals surface area contributed by atoms with Crippen LogP contribution in [0.15, 0.2) is 55.1 Å². The lowest BCUT2D eigenvalue weighted by Crippen LogP contribution is -2.41. The normalized spacial score (nSPS) is 16.6. The summed E-state index contributed by atoms with van der Waals surface area (Å²) in [4.78, 5) is 32.1. The number of amides is 1. The molecule has 7 nitrogen and oxygen atoms in total. The summed E-state index contributed by atoms with van der Waals surface area (Å²) in [6, 6.07) is 10.6. The monoisotopic (exact) mass is 436 g/mol. The number of fused-ring (bicyclic) bond motifs is 2. The first-order valence-electron chi connectivity index (χ1n) is 9.38. The van der Waals surface area contributed by atoms with E-state index in [2.05, 4.69) is 15.0 Å². The van der Waals surface area contributed by atoms with Crippen LogP contribution in [0, 0.1) is 0 Å². The summed E-state index contributed by atoms with van der Waals surface area (Å²) in [5.74, 6) is -0.208. The Balaban J connectivity index is 1.62. The van der Waals surface area contributed by atoms with Gasteiger partial charge in [-0.2, -0.15) is 0 Å². The Morgan fingerprint density at radius 1 is 1.27 bits per heavy atom. The van der Waals surface area contributed by atoms with Gasteiger partial charge in [-0.25, -0.2) is 9.97 Å². The van der Waals surface area contributed by atoms with Gasteiger partial charge in [-0.3, -0.25) is 9.78 Å². The lowest BCUT2D eigenvalue weighted by atomic mass is 10.0. The first-order chi connectivity index (χ1) is 14.7. The number of hydrogen-bond donors (Lipinski definition) is 2. The van der Waals surface area contributed by atoms with E-state index in [9.17, 15) is 4.79 Å². The molecule has 0 saturated carbocycles. The first-order valence-corrected chi connectivity index (χ1v) is 10.6. The molecule has 9 heteroatoms. The summed E-state index contributed by atoms with van der Waals surface area (Å²) in [6.45, 7) is 0.506. The van der Waals surface area contributed by atoms with E-state index in [-0.39, 0.29) is 5.91 Å². The zero-order valence-electron chi connectivity index (χ0n) is 15.7. The molecule has 0 unspecified atom stereocenters. The molecule has 3 aromatic heterocycles. The zero-order chi connectivity index (χ0) is 20.7. The smallest absolute Gasteiger partial charge is 0.258 e.